The average molecular weight is 354 g/mol. The zero-order chi connectivity index (χ0) is 18.1. The van der Waals surface area contributed by atoms with Crippen LogP contribution in [0, 0.1) is 6.92 Å². The van der Waals surface area contributed by atoms with Crippen molar-refractivity contribution >= 4 is 5.91 Å². The van der Waals surface area contributed by atoms with Crippen molar-refractivity contribution in [2.24, 2.45) is 0 Å². The van der Waals surface area contributed by atoms with Gasteiger partial charge in [-0.2, -0.15) is 0 Å². The average Bonchev–Trinajstić information content (AvgIpc) is 3.05. The van der Waals surface area contributed by atoms with Gasteiger partial charge in [0.2, 0.25) is 0 Å². The normalized spacial score (nSPS) is 18.8. The first-order valence-electron chi connectivity index (χ1n) is 9.27. The van der Waals surface area contributed by atoms with Gasteiger partial charge in [0.05, 0.1) is 12.2 Å². The van der Waals surface area contributed by atoms with Gasteiger partial charge in [-0.1, -0.05) is 6.07 Å². The van der Waals surface area contributed by atoms with Crippen LogP contribution < -0.4 is 0 Å². The van der Waals surface area contributed by atoms with Crippen LogP contribution in [0.1, 0.15) is 27.7 Å². The molecule has 2 aliphatic heterocycles. The van der Waals surface area contributed by atoms with Gasteiger partial charge >= 0.3 is 0 Å². The zero-order valence-corrected chi connectivity index (χ0v) is 15.6. The molecule has 0 N–H and O–H groups in total. The number of hydrogen-bond acceptors (Lipinski definition) is 5. The van der Waals surface area contributed by atoms with E-state index in [1.54, 1.807) is 6.07 Å². The number of aryl methyl sites for hydroxylation is 1. The van der Waals surface area contributed by atoms with Crippen molar-refractivity contribution in [1.82, 2.24) is 29.2 Å². The Hall–Kier alpha value is -2.25. The van der Waals surface area contributed by atoms with Crippen LogP contribution in [0.15, 0.2) is 24.4 Å². The van der Waals surface area contributed by atoms with Crippen LogP contribution in [0.2, 0.25) is 0 Å². The number of pyridine rings is 1. The van der Waals surface area contributed by atoms with Gasteiger partial charge in [0, 0.05) is 57.7 Å². The first-order chi connectivity index (χ1) is 12.6. The minimum Gasteiger partial charge on any atom is -0.328 e. The number of rotatable bonds is 3. The smallest absolute Gasteiger partial charge is 0.272 e. The van der Waals surface area contributed by atoms with Crippen LogP contribution >= 0.6 is 0 Å². The number of aromatic nitrogens is 3. The monoisotopic (exact) mass is 354 g/mol. The lowest BCUT2D eigenvalue weighted by atomic mass is 10.2. The Balaban J connectivity index is 1.43. The summed E-state index contributed by atoms with van der Waals surface area (Å²) in [6.07, 6.45) is 1.98. The number of imidazole rings is 1. The summed E-state index contributed by atoms with van der Waals surface area (Å²) >= 11 is 0. The summed E-state index contributed by atoms with van der Waals surface area (Å²) in [5.74, 6) is 0.963. The maximum Gasteiger partial charge on any atom is 0.272 e. The Bertz CT molecular complexity index is 793. The summed E-state index contributed by atoms with van der Waals surface area (Å²) in [5.41, 5.74) is 2.64. The molecule has 0 radical (unpaired) electrons. The Labute approximate surface area is 154 Å². The molecule has 0 saturated carbocycles. The Kier molecular flexibility index (Phi) is 4.74. The van der Waals surface area contributed by atoms with E-state index in [1.807, 2.05) is 30.2 Å². The minimum atomic E-state index is -0.0106. The van der Waals surface area contributed by atoms with Gasteiger partial charge in [0.1, 0.15) is 11.5 Å². The summed E-state index contributed by atoms with van der Waals surface area (Å²) in [5, 5.41) is 0. The number of likely N-dealkylation sites (N-methyl/N-ethyl adjacent to an activating group) is 1. The van der Waals surface area contributed by atoms with Gasteiger partial charge in [-0.25, -0.2) is 9.97 Å². The lowest BCUT2D eigenvalue weighted by Crippen LogP contribution is -2.44. The Morgan fingerprint density at radius 1 is 1.12 bits per heavy atom. The SMILES string of the molecule is Cc1cccc(C(=O)N2CCn3c(CN4CCN(C)CC4)cnc3C2)n1. The van der Waals surface area contributed by atoms with Gasteiger partial charge in [-0.15, -0.1) is 0 Å². The second-order valence-corrected chi connectivity index (χ2v) is 7.29. The van der Waals surface area contributed by atoms with Crippen molar-refractivity contribution < 1.29 is 4.79 Å². The highest BCUT2D eigenvalue weighted by Crippen LogP contribution is 2.18. The number of hydrogen-bond donors (Lipinski definition) is 0. The molecule has 0 aliphatic carbocycles. The highest BCUT2D eigenvalue weighted by Gasteiger charge is 2.26. The third-order valence-electron chi connectivity index (χ3n) is 5.32. The summed E-state index contributed by atoms with van der Waals surface area (Å²) in [6.45, 7) is 9.33. The number of piperazine rings is 1. The lowest BCUT2D eigenvalue weighted by Gasteiger charge is -2.33. The van der Waals surface area contributed by atoms with Crippen molar-refractivity contribution in [3.63, 3.8) is 0 Å². The zero-order valence-electron chi connectivity index (χ0n) is 15.6. The highest BCUT2D eigenvalue weighted by atomic mass is 16.2. The molecule has 2 aliphatic rings. The maximum atomic E-state index is 12.7. The largest absolute Gasteiger partial charge is 0.328 e. The van der Waals surface area contributed by atoms with E-state index in [0.29, 0.717) is 18.8 Å². The molecule has 7 nitrogen and oxygen atoms in total. The quantitative estimate of drug-likeness (QED) is 0.823. The van der Waals surface area contributed by atoms with Crippen LogP contribution in [0.5, 0.6) is 0 Å². The summed E-state index contributed by atoms with van der Waals surface area (Å²) in [7, 11) is 2.17. The molecule has 4 heterocycles. The van der Waals surface area contributed by atoms with Crippen molar-refractivity contribution in [3.05, 3.63) is 47.3 Å². The van der Waals surface area contributed by atoms with Gasteiger partial charge < -0.3 is 14.4 Å². The first kappa shape index (κ1) is 17.2. The molecule has 1 fully saturated rings. The molecule has 26 heavy (non-hydrogen) atoms. The van der Waals surface area contributed by atoms with Gasteiger partial charge in [-0.3, -0.25) is 9.69 Å². The predicted molar refractivity (Wildman–Crippen MR) is 98.7 cm³/mol. The number of nitrogens with zero attached hydrogens (tertiary/aromatic N) is 6. The third-order valence-corrected chi connectivity index (χ3v) is 5.32. The van der Waals surface area contributed by atoms with E-state index in [1.165, 1.54) is 5.69 Å². The second-order valence-electron chi connectivity index (χ2n) is 7.29. The van der Waals surface area contributed by atoms with Crippen molar-refractivity contribution in [1.29, 1.82) is 0 Å². The van der Waals surface area contributed by atoms with Crippen LogP contribution in [0.3, 0.4) is 0 Å². The number of carbonyl (C=O) groups excluding carboxylic acids is 1. The van der Waals surface area contributed by atoms with E-state index in [0.717, 1.165) is 50.8 Å². The molecule has 2 aromatic heterocycles. The molecule has 1 saturated heterocycles. The molecule has 0 unspecified atom stereocenters. The van der Waals surface area contributed by atoms with E-state index in [9.17, 15) is 4.79 Å². The van der Waals surface area contributed by atoms with Crippen LogP contribution in [-0.4, -0.2) is 74.9 Å². The first-order valence-corrected chi connectivity index (χ1v) is 9.27. The van der Waals surface area contributed by atoms with E-state index in [-0.39, 0.29) is 5.91 Å². The van der Waals surface area contributed by atoms with Crippen LogP contribution in [0.25, 0.3) is 0 Å². The Morgan fingerprint density at radius 3 is 2.69 bits per heavy atom. The Morgan fingerprint density at radius 2 is 1.92 bits per heavy atom. The standard InChI is InChI=1S/C19H26N6O/c1-15-4-3-5-17(21-15)19(26)24-10-11-25-16(12-20-18(25)14-24)13-23-8-6-22(2)7-9-23/h3-5,12H,6-11,13-14H2,1-2H3. The fraction of sp³-hybridized carbons (Fsp3) is 0.526. The molecular weight excluding hydrogens is 328 g/mol. The summed E-state index contributed by atoms with van der Waals surface area (Å²) in [4.78, 5) is 28.4. The summed E-state index contributed by atoms with van der Waals surface area (Å²) in [6, 6.07) is 5.58. The maximum absolute atomic E-state index is 12.7. The number of fused-ring (bicyclic) bond motifs is 1. The predicted octanol–water partition coefficient (Wildman–Crippen LogP) is 0.990. The molecule has 0 bridgehead atoms. The molecule has 7 heteroatoms. The van der Waals surface area contributed by atoms with Crippen molar-refractivity contribution in [2.75, 3.05) is 39.8 Å². The molecule has 0 atom stereocenters. The van der Waals surface area contributed by atoms with E-state index >= 15 is 0 Å². The van der Waals surface area contributed by atoms with Crippen molar-refractivity contribution in [2.45, 2.75) is 26.6 Å². The highest BCUT2D eigenvalue weighted by molar-refractivity contribution is 5.92. The fourth-order valence-electron chi connectivity index (χ4n) is 3.68. The van der Waals surface area contributed by atoms with E-state index in [4.69, 9.17) is 0 Å². The minimum absolute atomic E-state index is 0.0106. The van der Waals surface area contributed by atoms with E-state index in [2.05, 4.69) is 31.4 Å². The van der Waals surface area contributed by atoms with Crippen LogP contribution in [-0.2, 0) is 19.6 Å². The second kappa shape index (κ2) is 7.17. The topological polar surface area (TPSA) is 57.5 Å². The van der Waals surface area contributed by atoms with E-state index < -0.39 is 0 Å². The van der Waals surface area contributed by atoms with Gasteiger partial charge in [-0.05, 0) is 26.1 Å². The van der Waals surface area contributed by atoms with Crippen LogP contribution in [0.4, 0.5) is 0 Å². The van der Waals surface area contributed by atoms with Gasteiger partial charge in [0.25, 0.3) is 5.91 Å². The fourth-order valence-corrected chi connectivity index (χ4v) is 3.68. The third kappa shape index (κ3) is 3.50. The molecule has 0 aromatic carbocycles. The van der Waals surface area contributed by atoms with Gasteiger partial charge in [0.15, 0.2) is 0 Å². The molecule has 1 amide bonds. The number of carbonyl (C=O) groups is 1. The number of amides is 1. The molecule has 0 spiro atoms. The van der Waals surface area contributed by atoms with Crippen molar-refractivity contribution in [3.8, 4) is 0 Å². The lowest BCUT2D eigenvalue weighted by molar-refractivity contribution is 0.0698. The molecule has 138 valence electrons. The molecule has 4 rings (SSSR count). The molecular formula is C19H26N6O. The summed E-state index contributed by atoms with van der Waals surface area (Å²) < 4.78 is 2.28. The molecule has 2 aromatic rings.